The molecule has 6 heteroatoms. The van der Waals surface area contributed by atoms with Crippen LogP contribution in [0.1, 0.15) is 27.2 Å². The summed E-state index contributed by atoms with van der Waals surface area (Å²) in [5, 5.41) is 2.47. The molecule has 0 atom stereocenters. The third-order valence-corrected chi connectivity index (χ3v) is 2.90. The van der Waals surface area contributed by atoms with Gasteiger partial charge in [0, 0.05) is 18.4 Å². The minimum atomic E-state index is -4.56. The Bertz CT molecular complexity index is 636. The quantitative estimate of drug-likeness (QED) is 0.943. The lowest BCUT2D eigenvalue weighted by Gasteiger charge is -2.12. The number of amides is 1. The molecule has 3 nitrogen and oxygen atoms in total. The highest BCUT2D eigenvalue weighted by atomic mass is 19.4. The molecule has 0 aliphatic rings. The van der Waals surface area contributed by atoms with Crippen LogP contribution in [0.15, 0.2) is 42.6 Å². The Kier molecular flexibility index (Phi) is 4.26. The van der Waals surface area contributed by atoms with Gasteiger partial charge in [-0.25, -0.2) is 0 Å². The van der Waals surface area contributed by atoms with Crippen LogP contribution in [0, 0.1) is 6.92 Å². The lowest BCUT2D eigenvalue weighted by molar-refractivity contribution is -0.137. The van der Waals surface area contributed by atoms with Crippen LogP contribution in [-0.4, -0.2) is 10.9 Å². The molecule has 1 aromatic carbocycles. The van der Waals surface area contributed by atoms with Gasteiger partial charge >= 0.3 is 6.18 Å². The molecule has 0 aliphatic carbocycles. The smallest absolute Gasteiger partial charge is 0.348 e. The number of rotatable bonds is 3. The molecule has 0 saturated heterocycles. The van der Waals surface area contributed by atoms with E-state index < -0.39 is 17.6 Å². The van der Waals surface area contributed by atoms with Gasteiger partial charge in [-0.05, 0) is 30.7 Å². The number of carbonyl (C=O) groups excluding carboxylic acids is 1. The Morgan fingerprint density at radius 3 is 2.52 bits per heavy atom. The standard InChI is InChI=1S/C15H13F3N2O/c1-10-6-7-11(8-19-10)9-20-14(21)12-4-2-3-5-13(12)15(16,17)18/h2-8H,9H2,1H3,(H,20,21). The molecule has 21 heavy (non-hydrogen) atoms. The second-order valence-corrected chi connectivity index (χ2v) is 4.53. The Hall–Kier alpha value is -2.37. The summed E-state index contributed by atoms with van der Waals surface area (Å²) < 4.78 is 38.5. The number of aryl methyl sites for hydroxylation is 1. The average Bonchev–Trinajstić information content (AvgIpc) is 2.45. The average molecular weight is 294 g/mol. The molecule has 0 bridgehead atoms. The van der Waals surface area contributed by atoms with Crippen LogP contribution in [0.2, 0.25) is 0 Å². The predicted molar refractivity (Wildman–Crippen MR) is 71.6 cm³/mol. The molecule has 2 rings (SSSR count). The zero-order valence-electron chi connectivity index (χ0n) is 11.2. The fourth-order valence-corrected chi connectivity index (χ4v) is 1.81. The minimum absolute atomic E-state index is 0.123. The molecule has 2 aromatic rings. The monoisotopic (exact) mass is 294 g/mol. The molecule has 110 valence electrons. The molecule has 0 aliphatic heterocycles. The van der Waals surface area contributed by atoms with Gasteiger partial charge in [-0.15, -0.1) is 0 Å². The molecule has 1 amide bonds. The maximum absolute atomic E-state index is 12.8. The summed E-state index contributed by atoms with van der Waals surface area (Å²) in [7, 11) is 0. The molecule has 0 radical (unpaired) electrons. The Morgan fingerprint density at radius 1 is 1.19 bits per heavy atom. The van der Waals surface area contributed by atoms with E-state index in [2.05, 4.69) is 10.3 Å². The van der Waals surface area contributed by atoms with Crippen molar-refractivity contribution in [2.45, 2.75) is 19.6 Å². The van der Waals surface area contributed by atoms with E-state index in [0.717, 1.165) is 23.4 Å². The highest BCUT2D eigenvalue weighted by Gasteiger charge is 2.34. The summed E-state index contributed by atoms with van der Waals surface area (Å²) in [6.45, 7) is 1.94. The van der Waals surface area contributed by atoms with E-state index >= 15 is 0 Å². The predicted octanol–water partition coefficient (Wildman–Crippen LogP) is 3.34. The minimum Gasteiger partial charge on any atom is -0.348 e. The third kappa shape index (κ3) is 3.81. The first-order valence-electron chi connectivity index (χ1n) is 6.24. The third-order valence-electron chi connectivity index (χ3n) is 2.90. The number of hydrogen-bond donors (Lipinski definition) is 1. The van der Waals surface area contributed by atoms with Gasteiger partial charge in [0.1, 0.15) is 0 Å². The number of benzene rings is 1. The first kappa shape index (κ1) is 15.0. The van der Waals surface area contributed by atoms with Crippen molar-refractivity contribution in [1.29, 1.82) is 0 Å². The first-order valence-corrected chi connectivity index (χ1v) is 6.24. The van der Waals surface area contributed by atoms with Crippen molar-refractivity contribution in [3.8, 4) is 0 Å². The molecule has 1 aromatic heterocycles. The number of aromatic nitrogens is 1. The second-order valence-electron chi connectivity index (χ2n) is 4.53. The van der Waals surface area contributed by atoms with Crippen molar-refractivity contribution < 1.29 is 18.0 Å². The normalized spacial score (nSPS) is 11.2. The van der Waals surface area contributed by atoms with Crippen LogP contribution in [-0.2, 0) is 12.7 Å². The number of halogens is 3. The number of nitrogens with zero attached hydrogens (tertiary/aromatic N) is 1. The summed E-state index contributed by atoms with van der Waals surface area (Å²) in [4.78, 5) is 16.0. The van der Waals surface area contributed by atoms with Gasteiger partial charge in [0.05, 0.1) is 11.1 Å². The topological polar surface area (TPSA) is 42.0 Å². The zero-order valence-corrected chi connectivity index (χ0v) is 11.2. The van der Waals surface area contributed by atoms with Gasteiger partial charge in [0.15, 0.2) is 0 Å². The highest BCUT2D eigenvalue weighted by molar-refractivity contribution is 5.95. The van der Waals surface area contributed by atoms with Crippen LogP contribution >= 0.6 is 0 Å². The van der Waals surface area contributed by atoms with E-state index in [9.17, 15) is 18.0 Å². The van der Waals surface area contributed by atoms with E-state index in [0.29, 0.717) is 0 Å². The van der Waals surface area contributed by atoms with Crippen LogP contribution in [0.5, 0.6) is 0 Å². The number of hydrogen-bond acceptors (Lipinski definition) is 2. The molecular weight excluding hydrogens is 281 g/mol. The number of nitrogens with one attached hydrogen (secondary N) is 1. The maximum Gasteiger partial charge on any atom is 0.417 e. The van der Waals surface area contributed by atoms with Gasteiger partial charge in [-0.1, -0.05) is 18.2 Å². The zero-order chi connectivity index (χ0) is 15.5. The van der Waals surface area contributed by atoms with Crippen molar-refractivity contribution in [1.82, 2.24) is 10.3 Å². The molecule has 1 heterocycles. The fourth-order valence-electron chi connectivity index (χ4n) is 1.81. The van der Waals surface area contributed by atoms with Gasteiger partial charge in [-0.2, -0.15) is 13.2 Å². The first-order chi connectivity index (χ1) is 9.88. The summed E-state index contributed by atoms with van der Waals surface area (Å²) in [5.74, 6) is -0.761. The lowest BCUT2D eigenvalue weighted by atomic mass is 10.1. The van der Waals surface area contributed by atoms with Crippen molar-refractivity contribution in [3.63, 3.8) is 0 Å². The van der Waals surface area contributed by atoms with Crippen LogP contribution in [0.3, 0.4) is 0 Å². The summed E-state index contributed by atoms with van der Waals surface area (Å²) in [6.07, 6.45) is -2.98. The van der Waals surface area contributed by atoms with Gasteiger partial charge in [-0.3, -0.25) is 9.78 Å². The van der Waals surface area contributed by atoms with Crippen LogP contribution < -0.4 is 5.32 Å². The summed E-state index contributed by atoms with van der Waals surface area (Å²) >= 11 is 0. The molecule has 0 unspecified atom stereocenters. The lowest BCUT2D eigenvalue weighted by Crippen LogP contribution is -2.25. The number of carbonyl (C=O) groups is 1. The van der Waals surface area contributed by atoms with E-state index in [1.165, 1.54) is 12.1 Å². The Labute approximate surface area is 119 Å². The van der Waals surface area contributed by atoms with E-state index in [-0.39, 0.29) is 12.1 Å². The van der Waals surface area contributed by atoms with Gasteiger partial charge in [0.25, 0.3) is 5.91 Å². The molecule has 0 fully saturated rings. The highest BCUT2D eigenvalue weighted by Crippen LogP contribution is 2.31. The van der Waals surface area contributed by atoms with E-state index in [1.807, 2.05) is 6.92 Å². The molecule has 0 spiro atoms. The largest absolute Gasteiger partial charge is 0.417 e. The summed E-state index contributed by atoms with van der Waals surface area (Å²) in [5.41, 5.74) is 0.223. The van der Waals surface area contributed by atoms with Crippen molar-refractivity contribution in [2.24, 2.45) is 0 Å². The van der Waals surface area contributed by atoms with Crippen molar-refractivity contribution >= 4 is 5.91 Å². The van der Waals surface area contributed by atoms with Gasteiger partial charge < -0.3 is 5.32 Å². The van der Waals surface area contributed by atoms with Crippen molar-refractivity contribution in [2.75, 3.05) is 0 Å². The Morgan fingerprint density at radius 2 is 1.90 bits per heavy atom. The van der Waals surface area contributed by atoms with E-state index in [1.54, 1.807) is 18.3 Å². The second kappa shape index (κ2) is 5.95. The molecule has 1 N–H and O–H groups in total. The SMILES string of the molecule is Cc1ccc(CNC(=O)c2ccccc2C(F)(F)F)cn1. The summed E-state index contributed by atoms with van der Waals surface area (Å²) in [6, 6.07) is 8.23. The van der Waals surface area contributed by atoms with Crippen LogP contribution in [0.4, 0.5) is 13.2 Å². The van der Waals surface area contributed by atoms with Crippen LogP contribution in [0.25, 0.3) is 0 Å². The molecular formula is C15H13F3N2O. The van der Waals surface area contributed by atoms with Crippen molar-refractivity contribution in [3.05, 3.63) is 65.0 Å². The van der Waals surface area contributed by atoms with E-state index in [4.69, 9.17) is 0 Å². The Balaban J connectivity index is 2.12. The van der Waals surface area contributed by atoms with Gasteiger partial charge in [0.2, 0.25) is 0 Å². The number of pyridine rings is 1. The number of alkyl halides is 3. The fraction of sp³-hybridized carbons (Fsp3) is 0.200. The maximum atomic E-state index is 12.8. The molecule has 0 saturated carbocycles.